The maximum atomic E-state index is 12.6. The van der Waals surface area contributed by atoms with Crippen molar-refractivity contribution in [3.8, 4) is 0 Å². The molecule has 2 aliphatic heterocycles. The third-order valence-corrected chi connectivity index (χ3v) is 4.53. The van der Waals surface area contributed by atoms with E-state index in [9.17, 15) is 9.59 Å². The molecule has 2 N–H and O–H groups in total. The highest BCUT2D eigenvalue weighted by molar-refractivity contribution is 6.02. The highest BCUT2D eigenvalue weighted by Gasteiger charge is 2.39. The van der Waals surface area contributed by atoms with Gasteiger partial charge in [-0.15, -0.1) is 0 Å². The second kappa shape index (κ2) is 6.48. The van der Waals surface area contributed by atoms with Crippen LogP contribution < -0.4 is 15.5 Å². The number of hydrogen-bond acceptors (Lipinski definition) is 3. The first-order chi connectivity index (χ1) is 10.7. The zero-order chi connectivity index (χ0) is 15.5. The summed E-state index contributed by atoms with van der Waals surface area (Å²) in [6, 6.07) is 9.18. The number of nitrogens with zero attached hydrogens (tertiary/aromatic N) is 1. The van der Waals surface area contributed by atoms with E-state index in [1.165, 1.54) is 0 Å². The number of amides is 2. The van der Waals surface area contributed by atoms with Crippen molar-refractivity contribution in [3.63, 3.8) is 0 Å². The van der Waals surface area contributed by atoms with Gasteiger partial charge < -0.3 is 15.5 Å². The number of carbonyl (C=O) groups is 2. The SMILES string of the molecule is CC1CC(NC(=O)C2CCCCN2)C(=O)N1c1ccccc1. The van der Waals surface area contributed by atoms with E-state index in [2.05, 4.69) is 10.6 Å². The van der Waals surface area contributed by atoms with E-state index in [4.69, 9.17) is 0 Å². The fourth-order valence-corrected chi connectivity index (χ4v) is 3.37. The summed E-state index contributed by atoms with van der Waals surface area (Å²) in [5.74, 6) is -0.0528. The maximum Gasteiger partial charge on any atom is 0.249 e. The summed E-state index contributed by atoms with van der Waals surface area (Å²) in [5, 5.41) is 6.16. The molecule has 3 atom stereocenters. The molecule has 2 saturated heterocycles. The Balaban J connectivity index is 1.66. The largest absolute Gasteiger partial charge is 0.343 e. The number of anilines is 1. The van der Waals surface area contributed by atoms with Gasteiger partial charge in [0.25, 0.3) is 0 Å². The van der Waals surface area contributed by atoms with Crippen molar-refractivity contribution in [1.82, 2.24) is 10.6 Å². The van der Waals surface area contributed by atoms with Crippen LogP contribution in [-0.2, 0) is 9.59 Å². The molecule has 2 heterocycles. The average Bonchev–Trinajstić information content (AvgIpc) is 2.83. The van der Waals surface area contributed by atoms with Gasteiger partial charge >= 0.3 is 0 Å². The second-order valence-corrected chi connectivity index (χ2v) is 6.19. The molecule has 5 heteroatoms. The molecule has 0 aromatic heterocycles. The number of rotatable bonds is 3. The number of hydrogen-bond donors (Lipinski definition) is 2. The van der Waals surface area contributed by atoms with Gasteiger partial charge in [0.1, 0.15) is 6.04 Å². The maximum absolute atomic E-state index is 12.6. The third kappa shape index (κ3) is 2.99. The van der Waals surface area contributed by atoms with Gasteiger partial charge in [-0.1, -0.05) is 24.6 Å². The first kappa shape index (κ1) is 15.0. The fourth-order valence-electron chi connectivity index (χ4n) is 3.37. The normalized spacial score (nSPS) is 28.7. The van der Waals surface area contributed by atoms with Gasteiger partial charge in [-0.3, -0.25) is 9.59 Å². The summed E-state index contributed by atoms with van der Waals surface area (Å²) in [5.41, 5.74) is 0.896. The molecule has 2 fully saturated rings. The van der Waals surface area contributed by atoms with Gasteiger partial charge in [-0.2, -0.15) is 0 Å². The zero-order valence-corrected chi connectivity index (χ0v) is 12.9. The number of para-hydroxylation sites is 1. The van der Waals surface area contributed by atoms with E-state index >= 15 is 0 Å². The molecule has 0 saturated carbocycles. The fraction of sp³-hybridized carbons (Fsp3) is 0.529. The van der Waals surface area contributed by atoms with Crippen LogP contribution in [0.15, 0.2) is 30.3 Å². The van der Waals surface area contributed by atoms with Crippen molar-refractivity contribution in [2.45, 2.75) is 50.7 Å². The Bertz CT molecular complexity index is 540. The van der Waals surface area contributed by atoms with E-state index in [0.29, 0.717) is 6.42 Å². The lowest BCUT2D eigenvalue weighted by Crippen LogP contribution is -2.51. The lowest BCUT2D eigenvalue weighted by Gasteiger charge is -2.24. The minimum absolute atomic E-state index is 0.0112. The third-order valence-electron chi connectivity index (χ3n) is 4.53. The summed E-state index contributed by atoms with van der Waals surface area (Å²) >= 11 is 0. The van der Waals surface area contributed by atoms with Crippen LogP contribution in [0.3, 0.4) is 0 Å². The Morgan fingerprint density at radius 2 is 2.05 bits per heavy atom. The molecule has 0 aliphatic carbocycles. The molecular weight excluding hydrogens is 278 g/mol. The molecule has 1 aromatic carbocycles. The van der Waals surface area contributed by atoms with Crippen molar-refractivity contribution in [2.24, 2.45) is 0 Å². The van der Waals surface area contributed by atoms with E-state index in [1.807, 2.05) is 37.3 Å². The van der Waals surface area contributed by atoms with Crippen LogP contribution in [0.25, 0.3) is 0 Å². The van der Waals surface area contributed by atoms with E-state index in [0.717, 1.165) is 31.5 Å². The van der Waals surface area contributed by atoms with Gasteiger partial charge in [-0.25, -0.2) is 0 Å². The Morgan fingerprint density at radius 1 is 1.27 bits per heavy atom. The highest BCUT2D eigenvalue weighted by atomic mass is 16.2. The van der Waals surface area contributed by atoms with E-state index < -0.39 is 6.04 Å². The van der Waals surface area contributed by atoms with Crippen molar-refractivity contribution in [1.29, 1.82) is 0 Å². The van der Waals surface area contributed by atoms with Gasteiger partial charge in [0.05, 0.1) is 6.04 Å². The Kier molecular flexibility index (Phi) is 4.43. The second-order valence-electron chi connectivity index (χ2n) is 6.19. The summed E-state index contributed by atoms with van der Waals surface area (Å²) in [4.78, 5) is 26.7. The quantitative estimate of drug-likeness (QED) is 0.888. The smallest absolute Gasteiger partial charge is 0.249 e. The molecule has 2 aliphatic rings. The van der Waals surface area contributed by atoms with Crippen molar-refractivity contribution in [2.75, 3.05) is 11.4 Å². The molecule has 2 amide bonds. The van der Waals surface area contributed by atoms with Gasteiger partial charge in [0.2, 0.25) is 11.8 Å². The monoisotopic (exact) mass is 301 g/mol. The topological polar surface area (TPSA) is 61.4 Å². The Labute approximate surface area is 131 Å². The predicted octanol–water partition coefficient (Wildman–Crippen LogP) is 1.44. The highest BCUT2D eigenvalue weighted by Crippen LogP contribution is 2.26. The van der Waals surface area contributed by atoms with Crippen LogP contribution in [0, 0.1) is 0 Å². The number of carbonyl (C=O) groups excluding carboxylic acids is 2. The summed E-state index contributed by atoms with van der Waals surface area (Å²) in [6.45, 7) is 2.90. The van der Waals surface area contributed by atoms with Crippen LogP contribution in [0.2, 0.25) is 0 Å². The average molecular weight is 301 g/mol. The molecule has 22 heavy (non-hydrogen) atoms. The van der Waals surface area contributed by atoms with Crippen LogP contribution >= 0.6 is 0 Å². The molecular formula is C17H23N3O2. The predicted molar refractivity (Wildman–Crippen MR) is 85.6 cm³/mol. The van der Waals surface area contributed by atoms with E-state index in [1.54, 1.807) is 4.90 Å². The van der Waals surface area contributed by atoms with Crippen molar-refractivity contribution in [3.05, 3.63) is 30.3 Å². The van der Waals surface area contributed by atoms with E-state index in [-0.39, 0.29) is 23.9 Å². The summed E-state index contributed by atoms with van der Waals surface area (Å²) in [6.07, 6.45) is 3.69. The van der Waals surface area contributed by atoms with Gasteiger partial charge in [0.15, 0.2) is 0 Å². The Hall–Kier alpha value is -1.88. The van der Waals surface area contributed by atoms with Crippen LogP contribution in [-0.4, -0.2) is 36.5 Å². The molecule has 1 aromatic rings. The Morgan fingerprint density at radius 3 is 2.73 bits per heavy atom. The molecule has 0 radical (unpaired) electrons. The minimum Gasteiger partial charge on any atom is -0.343 e. The summed E-state index contributed by atoms with van der Waals surface area (Å²) in [7, 11) is 0. The van der Waals surface area contributed by atoms with Gasteiger partial charge in [-0.05, 0) is 44.9 Å². The lowest BCUT2D eigenvalue weighted by atomic mass is 10.0. The zero-order valence-electron chi connectivity index (χ0n) is 12.9. The first-order valence-electron chi connectivity index (χ1n) is 8.08. The minimum atomic E-state index is -0.411. The van der Waals surface area contributed by atoms with Crippen LogP contribution in [0.4, 0.5) is 5.69 Å². The molecule has 3 rings (SSSR count). The van der Waals surface area contributed by atoms with Crippen LogP contribution in [0.5, 0.6) is 0 Å². The number of nitrogens with one attached hydrogen (secondary N) is 2. The summed E-state index contributed by atoms with van der Waals surface area (Å²) < 4.78 is 0. The first-order valence-corrected chi connectivity index (χ1v) is 8.08. The molecule has 0 bridgehead atoms. The lowest BCUT2D eigenvalue weighted by molar-refractivity contribution is -0.128. The van der Waals surface area contributed by atoms with Crippen molar-refractivity contribution >= 4 is 17.5 Å². The molecule has 118 valence electrons. The number of piperidine rings is 1. The standard InChI is InChI=1S/C17H23N3O2/c1-12-11-15(19-16(21)14-9-5-6-10-18-14)17(22)20(12)13-7-3-2-4-8-13/h2-4,7-8,12,14-15,18H,5-6,9-11H2,1H3,(H,19,21). The number of benzene rings is 1. The van der Waals surface area contributed by atoms with Crippen LogP contribution in [0.1, 0.15) is 32.6 Å². The molecule has 3 unspecified atom stereocenters. The van der Waals surface area contributed by atoms with Gasteiger partial charge in [0, 0.05) is 11.7 Å². The molecule has 0 spiro atoms. The van der Waals surface area contributed by atoms with Crippen molar-refractivity contribution < 1.29 is 9.59 Å². The molecule has 5 nitrogen and oxygen atoms in total.